The van der Waals surface area contributed by atoms with Gasteiger partial charge in [0, 0.05) is 28.8 Å². The SMILES string of the molecule is CC(O)CNc1ccnc2cc(Cl)ccc12. The highest BCUT2D eigenvalue weighted by Crippen LogP contribution is 2.24. The van der Waals surface area contributed by atoms with Crippen LogP contribution in [0.15, 0.2) is 30.5 Å². The molecule has 2 N–H and O–H groups in total. The average Bonchev–Trinajstić information content (AvgIpc) is 2.25. The normalized spacial score (nSPS) is 12.7. The maximum absolute atomic E-state index is 9.23. The summed E-state index contributed by atoms with van der Waals surface area (Å²) < 4.78 is 0. The van der Waals surface area contributed by atoms with Crippen LogP contribution in [-0.4, -0.2) is 22.7 Å². The molecule has 1 aromatic carbocycles. The summed E-state index contributed by atoms with van der Waals surface area (Å²) >= 11 is 5.90. The quantitative estimate of drug-likeness (QED) is 0.861. The van der Waals surface area contributed by atoms with Crippen LogP contribution in [0.3, 0.4) is 0 Å². The van der Waals surface area contributed by atoms with Crippen LogP contribution in [0.5, 0.6) is 0 Å². The van der Waals surface area contributed by atoms with Gasteiger partial charge in [0.05, 0.1) is 11.6 Å². The molecule has 1 atom stereocenters. The Morgan fingerprint density at radius 3 is 3.00 bits per heavy atom. The van der Waals surface area contributed by atoms with Crippen LogP contribution in [0.4, 0.5) is 5.69 Å². The minimum Gasteiger partial charge on any atom is -0.392 e. The zero-order valence-corrected chi connectivity index (χ0v) is 9.70. The van der Waals surface area contributed by atoms with Crippen molar-refractivity contribution >= 4 is 28.2 Å². The number of aromatic nitrogens is 1. The largest absolute Gasteiger partial charge is 0.392 e. The molecule has 16 heavy (non-hydrogen) atoms. The van der Waals surface area contributed by atoms with Crippen LogP contribution in [-0.2, 0) is 0 Å². The zero-order valence-electron chi connectivity index (χ0n) is 8.94. The van der Waals surface area contributed by atoms with Gasteiger partial charge in [0.15, 0.2) is 0 Å². The van der Waals surface area contributed by atoms with Crippen molar-refractivity contribution in [3.63, 3.8) is 0 Å². The first-order valence-electron chi connectivity index (χ1n) is 5.13. The van der Waals surface area contributed by atoms with E-state index in [-0.39, 0.29) is 6.10 Å². The fraction of sp³-hybridized carbons (Fsp3) is 0.250. The lowest BCUT2D eigenvalue weighted by Crippen LogP contribution is -2.15. The first-order valence-corrected chi connectivity index (χ1v) is 5.51. The van der Waals surface area contributed by atoms with Crippen molar-refractivity contribution < 1.29 is 5.11 Å². The summed E-state index contributed by atoms with van der Waals surface area (Å²) in [5.41, 5.74) is 1.81. The van der Waals surface area contributed by atoms with E-state index in [0.717, 1.165) is 16.6 Å². The van der Waals surface area contributed by atoms with Crippen molar-refractivity contribution in [3.05, 3.63) is 35.5 Å². The second-order valence-electron chi connectivity index (χ2n) is 3.75. The number of nitrogens with zero attached hydrogens (tertiary/aromatic N) is 1. The lowest BCUT2D eigenvalue weighted by atomic mass is 10.2. The third-order valence-electron chi connectivity index (χ3n) is 2.29. The Morgan fingerprint density at radius 1 is 1.44 bits per heavy atom. The van der Waals surface area contributed by atoms with E-state index in [2.05, 4.69) is 10.3 Å². The Morgan fingerprint density at radius 2 is 2.25 bits per heavy atom. The Bertz CT molecular complexity index is 499. The first kappa shape index (κ1) is 11.2. The molecule has 1 unspecified atom stereocenters. The second kappa shape index (κ2) is 4.68. The summed E-state index contributed by atoms with van der Waals surface area (Å²) in [6.45, 7) is 2.26. The minimum atomic E-state index is -0.379. The lowest BCUT2D eigenvalue weighted by molar-refractivity contribution is 0.208. The maximum Gasteiger partial charge on any atom is 0.0737 e. The molecule has 0 aliphatic heterocycles. The van der Waals surface area contributed by atoms with Crippen molar-refractivity contribution in [1.29, 1.82) is 0 Å². The molecule has 0 saturated carbocycles. The van der Waals surface area contributed by atoms with E-state index >= 15 is 0 Å². The smallest absolute Gasteiger partial charge is 0.0737 e. The molecule has 0 amide bonds. The average molecular weight is 237 g/mol. The highest BCUT2D eigenvalue weighted by atomic mass is 35.5. The fourth-order valence-corrected chi connectivity index (χ4v) is 1.70. The number of benzene rings is 1. The van der Waals surface area contributed by atoms with Gasteiger partial charge in [-0.15, -0.1) is 0 Å². The van der Waals surface area contributed by atoms with Crippen LogP contribution in [0, 0.1) is 0 Å². The van der Waals surface area contributed by atoms with Gasteiger partial charge in [0.1, 0.15) is 0 Å². The Kier molecular flexibility index (Phi) is 3.27. The van der Waals surface area contributed by atoms with E-state index in [1.165, 1.54) is 0 Å². The molecule has 0 radical (unpaired) electrons. The van der Waals surface area contributed by atoms with Gasteiger partial charge in [-0.05, 0) is 31.2 Å². The predicted molar refractivity (Wildman–Crippen MR) is 66.9 cm³/mol. The number of pyridine rings is 1. The topological polar surface area (TPSA) is 45.1 Å². The van der Waals surface area contributed by atoms with Gasteiger partial charge in [0.2, 0.25) is 0 Å². The molecule has 2 aromatic rings. The number of aliphatic hydroxyl groups excluding tert-OH is 1. The van der Waals surface area contributed by atoms with Crippen LogP contribution in [0.25, 0.3) is 10.9 Å². The molecule has 0 aliphatic rings. The van der Waals surface area contributed by atoms with Crippen molar-refractivity contribution in [1.82, 2.24) is 4.98 Å². The summed E-state index contributed by atoms with van der Waals surface area (Å²) in [6, 6.07) is 7.47. The van der Waals surface area contributed by atoms with E-state index < -0.39 is 0 Å². The van der Waals surface area contributed by atoms with E-state index in [9.17, 15) is 5.11 Å². The Labute approximate surface area is 99.1 Å². The standard InChI is InChI=1S/C12H13ClN2O/c1-8(16)7-15-11-4-5-14-12-6-9(13)2-3-10(11)12/h2-6,8,16H,7H2,1H3,(H,14,15). The lowest BCUT2D eigenvalue weighted by Gasteiger charge is -2.10. The summed E-state index contributed by atoms with van der Waals surface area (Å²) in [4.78, 5) is 4.24. The van der Waals surface area contributed by atoms with Crippen molar-refractivity contribution in [2.24, 2.45) is 0 Å². The molecule has 1 heterocycles. The summed E-state index contributed by atoms with van der Waals surface area (Å²) in [6.07, 6.45) is 1.35. The third-order valence-corrected chi connectivity index (χ3v) is 2.53. The molecule has 2 rings (SSSR count). The fourth-order valence-electron chi connectivity index (χ4n) is 1.53. The highest BCUT2D eigenvalue weighted by molar-refractivity contribution is 6.31. The van der Waals surface area contributed by atoms with Crippen LogP contribution in [0.1, 0.15) is 6.92 Å². The Balaban J connectivity index is 2.38. The minimum absolute atomic E-state index is 0.379. The number of fused-ring (bicyclic) bond motifs is 1. The van der Waals surface area contributed by atoms with Crippen molar-refractivity contribution in [2.75, 3.05) is 11.9 Å². The second-order valence-corrected chi connectivity index (χ2v) is 4.19. The Hall–Kier alpha value is -1.32. The summed E-state index contributed by atoms with van der Waals surface area (Å²) in [5.74, 6) is 0. The van der Waals surface area contributed by atoms with Gasteiger partial charge in [-0.2, -0.15) is 0 Å². The molecule has 0 aliphatic carbocycles. The molecule has 3 nitrogen and oxygen atoms in total. The first-order chi connectivity index (χ1) is 7.66. The number of hydrogen-bond acceptors (Lipinski definition) is 3. The van der Waals surface area contributed by atoms with E-state index in [1.54, 1.807) is 13.1 Å². The van der Waals surface area contributed by atoms with Gasteiger partial charge in [0.25, 0.3) is 0 Å². The number of anilines is 1. The molecular formula is C12H13ClN2O. The third kappa shape index (κ3) is 2.43. The highest BCUT2D eigenvalue weighted by Gasteiger charge is 2.03. The summed E-state index contributed by atoms with van der Waals surface area (Å²) in [7, 11) is 0. The van der Waals surface area contributed by atoms with Crippen LogP contribution in [0.2, 0.25) is 5.02 Å². The molecule has 0 bridgehead atoms. The van der Waals surface area contributed by atoms with Crippen molar-refractivity contribution in [2.45, 2.75) is 13.0 Å². The number of halogens is 1. The van der Waals surface area contributed by atoms with Crippen molar-refractivity contribution in [3.8, 4) is 0 Å². The predicted octanol–water partition coefficient (Wildman–Crippen LogP) is 2.68. The molecule has 0 fully saturated rings. The molecule has 1 aromatic heterocycles. The maximum atomic E-state index is 9.23. The van der Waals surface area contributed by atoms with Gasteiger partial charge in [-0.1, -0.05) is 11.6 Å². The number of rotatable bonds is 3. The monoisotopic (exact) mass is 236 g/mol. The van der Waals surface area contributed by atoms with E-state index in [0.29, 0.717) is 11.6 Å². The molecule has 84 valence electrons. The summed E-state index contributed by atoms with van der Waals surface area (Å²) in [5, 5.41) is 14.1. The molecule has 4 heteroatoms. The number of hydrogen-bond donors (Lipinski definition) is 2. The molecule has 0 spiro atoms. The number of nitrogens with one attached hydrogen (secondary N) is 1. The van der Waals surface area contributed by atoms with Gasteiger partial charge < -0.3 is 10.4 Å². The van der Waals surface area contributed by atoms with E-state index in [1.807, 2.05) is 24.3 Å². The van der Waals surface area contributed by atoms with Gasteiger partial charge >= 0.3 is 0 Å². The van der Waals surface area contributed by atoms with Gasteiger partial charge in [-0.25, -0.2) is 0 Å². The van der Waals surface area contributed by atoms with Crippen LogP contribution >= 0.6 is 11.6 Å². The zero-order chi connectivity index (χ0) is 11.5. The molecule has 0 saturated heterocycles. The molecular weight excluding hydrogens is 224 g/mol. The number of aliphatic hydroxyl groups is 1. The van der Waals surface area contributed by atoms with Crippen LogP contribution < -0.4 is 5.32 Å². The van der Waals surface area contributed by atoms with E-state index in [4.69, 9.17) is 11.6 Å². The van der Waals surface area contributed by atoms with Gasteiger partial charge in [-0.3, -0.25) is 4.98 Å².